The van der Waals surface area contributed by atoms with E-state index in [1.807, 2.05) is 26.0 Å². The fraction of sp³-hybridized carbons (Fsp3) is 0.333. The lowest BCUT2D eigenvalue weighted by Gasteiger charge is -2.24. The summed E-state index contributed by atoms with van der Waals surface area (Å²) in [5.74, 6) is 0.318. The van der Waals surface area contributed by atoms with Crippen LogP contribution in [0, 0.1) is 10.1 Å². The van der Waals surface area contributed by atoms with E-state index in [2.05, 4.69) is 0 Å². The lowest BCUT2D eigenvalue weighted by molar-refractivity contribution is -0.384. The molecule has 2 aromatic rings. The van der Waals surface area contributed by atoms with Gasteiger partial charge in [-0.25, -0.2) is 8.42 Å². The highest BCUT2D eigenvalue weighted by atomic mass is 32.2. The van der Waals surface area contributed by atoms with E-state index in [1.54, 1.807) is 31.2 Å². The molecular formula is C18H22N2O4S. The normalized spacial score (nSPS) is 13.2. The molecule has 0 aliphatic heterocycles. The van der Waals surface area contributed by atoms with Gasteiger partial charge in [-0.15, -0.1) is 0 Å². The van der Waals surface area contributed by atoms with Crippen LogP contribution in [0.2, 0.25) is 0 Å². The summed E-state index contributed by atoms with van der Waals surface area (Å²) in [5, 5.41) is 10.9. The number of benzene rings is 2. The molecule has 0 saturated carbocycles. The Hall–Kier alpha value is -2.25. The molecule has 6 nitrogen and oxygen atoms in total. The van der Waals surface area contributed by atoms with Gasteiger partial charge in [-0.05, 0) is 36.1 Å². The molecule has 0 spiro atoms. The molecule has 0 aromatic heterocycles. The predicted molar refractivity (Wildman–Crippen MR) is 97.0 cm³/mol. The van der Waals surface area contributed by atoms with Crippen molar-refractivity contribution in [3.05, 3.63) is 69.8 Å². The van der Waals surface area contributed by atoms with E-state index < -0.39 is 21.0 Å². The Morgan fingerprint density at radius 1 is 1.00 bits per heavy atom. The summed E-state index contributed by atoms with van der Waals surface area (Å²) >= 11 is 0. The van der Waals surface area contributed by atoms with Crippen molar-refractivity contribution in [3.63, 3.8) is 0 Å². The van der Waals surface area contributed by atoms with Crippen LogP contribution in [0.25, 0.3) is 0 Å². The Kier molecular flexibility index (Phi) is 5.59. The Labute approximate surface area is 148 Å². The molecule has 0 aliphatic carbocycles. The maximum absolute atomic E-state index is 12.8. The van der Waals surface area contributed by atoms with Gasteiger partial charge >= 0.3 is 0 Å². The molecule has 2 rings (SSSR count). The van der Waals surface area contributed by atoms with Crippen LogP contribution < -0.4 is 0 Å². The van der Waals surface area contributed by atoms with Crippen molar-refractivity contribution in [1.29, 1.82) is 0 Å². The molecule has 0 saturated heterocycles. The fourth-order valence-corrected chi connectivity index (χ4v) is 3.86. The highest BCUT2D eigenvalue weighted by Gasteiger charge is 2.27. The lowest BCUT2D eigenvalue weighted by atomic mass is 10.0. The molecule has 25 heavy (non-hydrogen) atoms. The minimum absolute atomic E-state index is 0.0589. The van der Waals surface area contributed by atoms with E-state index in [0.29, 0.717) is 11.5 Å². The molecule has 0 radical (unpaired) electrons. The highest BCUT2D eigenvalue weighted by molar-refractivity contribution is 7.89. The van der Waals surface area contributed by atoms with E-state index in [1.165, 1.54) is 23.5 Å². The first-order chi connectivity index (χ1) is 11.6. The lowest BCUT2D eigenvalue weighted by Crippen LogP contribution is -2.29. The van der Waals surface area contributed by atoms with Crippen LogP contribution in [0.3, 0.4) is 0 Å². The number of nitro benzene ring substituents is 1. The zero-order valence-electron chi connectivity index (χ0n) is 14.7. The summed E-state index contributed by atoms with van der Waals surface area (Å²) in [7, 11) is -2.22. The first-order valence-corrected chi connectivity index (χ1v) is 9.41. The monoisotopic (exact) mass is 362 g/mol. The Balaban J connectivity index is 2.32. The van der Waals surface area contributed by atoms with E-state index in [0.717, 1.165) is 5.56 Å². The number of nitrogens with zero attached hydrogens (tertiary/aromatic N) is 2. The molecule has 0 aliphatic rings. The second-order valence-electron chi connectivity index (χ2n) is 6.27. The molecule has 0 fully saturated rings. The number of rotatable bonds is 6. The van der Waals surface area contributed by atoms with Gasteiger partial charge < -0.3 is 0 Å². The largest absolute Gasteiger partial charge is 0.269 e. The Morgan fingerprint density at radius 2 is 1.60 bits per heavy atom. The van der Waals surface area contributed by atoms with E-state index >= 15 is 0 Å². The molecule has 0 heterocycles. The highest BCUT2D eigenvalue weighted by Crippen LogP contribution is 2.28. The molecule has 0 bridgehead atoms. The van der Waals surface area contributed by atoms with Crippen LogP contribution in [0.4, 0.5) is 5.69 Å². The van der Waals surface area contributed by atoms with Gasteiger partial charge in [-0.3, -0.25) is 10.1 Å². The summed E-state index contributed by atoms with van der Waals surface area (Å²) in [6, 6.07) is 12.3. The SMILES string of the molecule is CC(C)c1ccc(S(=O)(=O)N(C)C(C)c2cccc([N+](=O)[O-])c2)cc1. The van der Waals surface area contributed by atoms with Crippen LogP contribution in [0.15, 0.2) is 53.4 Å². The third-order valence-corrected chi connectivity index (χ3v) is 6.27. The quantitative estimate of drug-likeness (QED) is 0.572. The third kappa shape index (κ3) is 4.05. The van der Waals surface area contributed by atoms with Gasteiger partial charge in [-0.2, -0.15) is 4.31 Å². The summed E-state index contributed by atoms with van der Waals surface area (Å²) in [4.78, 5) is 10.6. The van der Waals surface area contributed by atoms with E-state index in [4.69, 9.17) is 0 Å². The Bertz CT molecular complexity index is 861. The average Bonchev–Trinajstić information content (AvgIpc) is 2.60. The van der Waals surface area contributed by atoms with Crippen LogP contribution in [0.5, 0.6) is 0 Å². The molecule has 0 N–H and O–H groups in total. The van der Waals surface area contributed by atoms with Crippen molar-refractivity contribution in [2.45, 2.75) is 37.6 Å². The second-order valence-corrected chi connectivity index (χ2v) is 8.27. The second kappa shape index (κ2) is 7.33. The zero-order valence-corrected chi connectivity index (χ0v) is 15.5. The number of nitro groups is 1. The first kappa shape index (κ1) is 19.1. The van der Waals surface area contributed by atoms with E-state index in [9.17, 15) is 18.5 Å². The zero-order chi connectivity index (χ0) is 18.8. The van der Waals surface area contributed by atoms with Crippen molar-refractivity contribution in [2.24, 2.45) is 0 Å². The molecule has 7 heteroatoms. The molecular weight excluding hydrogens is 340 g/mol. The Morgan fingerprint density at radius 3 is 2.12 bits per heavy atom. The number of non-ortho nitro benzene ring substituents is 1. The van der Waals surface area contributed by atoms with Gasteiger partial charge in [0.2, 0.25) is 10.0 Å². The minimum atomic E-state index is -3.70. The molecule has 1 atom stereocenters. The molecule has 2 aromatic carbocycles. The molecule has 134 valence electrons. The van der Waals surface area contributed by atoms with Gasteiger partial charge in [-0.1, -0.05) is 38.1 Å². The maximum Gasteiger partial charge on any atom is 0.269 e. The van der Waals surface area contributed by atoms with Crippen molar-refractivity contribution in [2.75, 3.05) is 7.05 Å². The standard InChI is InChI=1S/C18H22N2O4S/c1-13(2)15-8-10-18(11-9-15)25(23,24)19(4)14(3)16-6-5-7-17(12-16)20(21)22/h5-14H,1-4H3. The smallest absolute Gasteiger partial charge is 0.258 e. The number of hydrogen-bond acceptors (Lipinski definition) is 4. The fourth-order valence-electron chi connectivity index (χ4n) is 2.51. The van der Waals surface area contributed by atoms with Crippen molar-refractivity contribution in [1.82, 2.24) is 4.31 Å². The van der Waals surface area contributed by atoms with E-state index in [-0.39, 0.29) is 10.6 Å². The summed E-state index contributed by atoms with van der Waals surface area (Å²) in [6.45, 7) is 5.79. The van der Waals surface area contributed by atoms with Crippen LogP contribution in [-0.2, 0) is 10.0 Å². The minimum Gasteiger partial charge on any atom is -0.258 e. The van der Waals surface area contributed by atoms with Gasteiger partial charge in [0.25, 0.3) is 5.69 Å². The number of sulfonamides is 1. The first-order valence-electron chi connectivity index (χ1n) is 7.97. The van der Waals surface area contributed by atoms with Gasteiger partial charge in [0.1, 0.15) is 0 Å². The average molecular weight is 362 g/mol. The maximum atomic E-state index is 12.8. The van der Waals surface area contributed by atoms with Crippen molar-refractivity contribution in [3.8, 4) is 0 Å². The molecule has 1 unspecified atom stereocenters. The molecule has 0 amide bonds. The summed E-state index contributed by atoms with van der Waals surface area (Å²) in [5.41, 5.74) is 1.57. The van der Waals surface area contributed by atoms with Crippen LogP contribution in [0.1, 0.15) is 43.9 Å². The topological polar surface area (TPSA) is 80.5 Å². The number of hydrogen-bond donors (Lipinski definition) is 0. The van der Waals surface area contributed by atoms with Crippen LogP contribution >= 0.6 is 0 Å². The predicted octanol–water partition coefficient (Wildman–Crippen LogP) is 4.10. The van der Waals surface area contributed by atoms with Gasteiger partial charge in [0.15, 0.2) is 0 Å². The van der Waals surface area contributed by atoms with Crippen molar-refractivity contribution < 1.29 is 13.3 Å². The summed E-state index contributed by atoms with van der Waals surface area (Å²) in [6.07, 6.45) is 0. The van der Waals surface area contributed by atoms with Gasteiger partial charge in [0.05, 0.1) is 9.82 Å². The third-order valence-electron chi connectivity index (χ3n) is 4.33. The van der Waals surface area contributed by atoms with Crippen molar-refractivity contribution >= 4 is 15.7 Å². The van der Waals surface area contributed by atoms with Crippen LogP contribution in [-0.4, -0.2) is 24.7 Å². The van der Waals surface area contributed by atoms with Gasteiger partial charge in [0, 0.05) is 25.2 Å². The summed E-state index contributed by atoms with van der Waals surface area (Å²) < 4.78 is 26.9.